The summed E-state index contributed by atoms with van der Waals surface area (Å²) in [4.78, 5) is 2.35. The average Bonchev–Trinajstić information content (AvgIpc) is 2.89. The lowest BCUT2D eigenvalue weighted by Gasteiger charge is -2.25. The highest BCUT2D eigenvalue weighted by Gasteiger charge is 2.28. The quantitative estimate of drug-likeness (QED) is 0.739. The summed E-state index contributed by atoms with van der Waals surface area (Å²) >= 11 is 0. The van der Waals surface area contributed by atoms with Crippen molar-refractivity contribution < 1.29 is 5.11 Å². The summed E-state index contributed by atoms with van der Waals surface area (Å²) in [5, 5.41) is 13.3. The maximum atomic E-state index is 9.14. The topological polar surface area (TPSA) is 67.3 Å². The van der Waals surface area contributed by atoms with E-state index in [-0.39, 0.29) is 12.6 Å². The van der Waals surface area contributed by atoms with Gasteiger partial charge < -0.3 is 10.8 Å². The number of hydrogen-bond acceptors (Lipinski definition) is 4. The number of hydrogen-bond donors (Lipinski definition) is 2. The van der Waals surface area contributed by atoms with E-state index in [1.54, 1.807) is 4.68 Å². The number of rotatable bonds is 4. The average molecular weight is 224 g/mol. The van der Waals surface area contributed by atoms with Gasteiger partial charge in [0, 0.05) is 38.5 Å². The fourth-order valence-corrected chi connectivity index (χ4v) is 2.40. The van der Waals surface area contributed by atoms with Crippen LogP contribution in [0.3, 0.4) is 0 Å². The van der Waals surface area contributed by atoms with Crippen LogP contribution in [0.15, 0.2) is 12.4 Å². The smallest absolute Gasteiger partial charge is 0.0538 e. The van der Waals surface area contributed by atoms with Crippen LogP contribution < -0.4 is 5.73 Å². The zero-order chi connectivity index (χ0) is 11.5. The first-order valence-corrected chi connectivity index (χ1v) is 5.78. The van der Waals surface area contributed by atoms with Crippen LogP contribution in [0.25, 0.3) is 0 Å². The number of nitrogens with zero attached hydrogens (tertiary/aromatic N) is 3. The lowest BCUT2D eigenvalue weighted by Crippen LogP contribution is -2.32. The van der Waals surface area contributed by atoms with Crippen molar-refractivity contribution in [3.8, 4) is 0 Å². The normalized spacial score (nSPS) is 23.8. The Morgan fingerprint density at radius 2 is 2.50 bits per heavy atom. The summed E-state index contributed by atoms with van der Waals surface area (Å²) in [5.41, 5.74) is 7.01. The van der Waals surface area contributed by atoms with E-state index in [0.717, 1.165) is 19.5 Å². The Bertz CT molecular complexity index is 338. The summed E-state index contributed by atoms with van der Waals surface area (Å²) < 4.78 is 1.80. The van der Waals surface area contributed by atoms with Crippen LogP contribution in [-0.4, -0.2) is 46.0 Å². The number of aliphatic hydroxyl groups excluding tert-OH is 1. The number of nitrogens with two attached hydrogens (primary N) is 1. The molecular weight excluding hydrogens is 204 g/mol. The zero-order valence-electron chi connectivity index (χ0n) is 9.71. The second-order valence-corrected chi connectivity index (χ2v) is 4.53. The minimum absolute atomic E-state index is 0.241. The molecule has 0 aromatic carbocycles. The molecule has 1 aromatic rings. The Hall–Kier alpha value is -0.910. The minimum atomic E-state index is 0.241. The molecule has 2 rings (SSSR count). The molecule has 1 fully saturated rings. The highest BCUT2D eigenvalue weighted by atomic mass is 16.3. The molecule has 1 aliphatic rings. The van der Waals surface area contributed by atoms with Crippen LogP contribution >= 0.6 is 0 Å². The van der Waals surface area contributed by atoms with E-state index >= 15 is 0 Å². The van der Waals surface area contributed by atoms with E-state index in [1.165, 1.54) is 5.56 Å². The van der Waals surface area contributed by atoms with Crippen molar-refractivity contribution in [1.82, 2.24) is 14.7 Å². The fourth-order valence-electron chi connectivity index (χ4n) is 2.40. The lowest BCUT2D eigenvalue weighted by molar-refractivity contribution is 0.200. The van der Waals surface area contributed by atoms with Crippen LogP contribution in [0.2, 0.25) is 0 Å². The molecule has 3 N–H and O–H groups in total. The largest absolute Gasteiger partial charge is 0.396 e. The van der Waals surface area contributed by atoms with Gasteiger partial charge in [0.2, 0.25) is 0 Å². The lowest BCUT2D eigenvalue weighted by atomic mass is 10.1. The van der Waals surface area contributed by atoms with Crippen molar-refractivity contribution in [2.24, 2.45) is 18.7 Å². The molecule has 0 aliphatic carbocycles. The number of aryl methyl sites for hydroxylation is 1. The SMILES string of the molecule is Cn1cc(C(CN)N2CCC(CO)C2)cn1. The second kappa shape index (κ2) is 4.95. The maximum absolute atomic E-state index is 9.14. The van der Waals surface area contributed by atoms with Crippen molar-refractivity contribution in [2.75, 3.05) is 26.2 Å². The van der Waals surface area contributed by atoms with Gasteiger partial charge in [-0.15, -0.1) is 0 Å². The first kappa shape index (κ1) is 11.6. The molecule has 2 unspecified atom stereocenters. The van der Waals surface area contributed by atoms with E-state index in [4.69, 9.17) is 10.8 Å². The number of aromatic nitrogens is 2. The standard InChI is InChI=1S/C11H20N4O/c1-14-7-10(5-13-14)11(4-12)15-3-2-9(6-15)8-16/h5,7,9,11,16H,2-4,6,8,12H2,1H3. The predicted molar refractivity (Wildman–Crippen MR) is 61.8 cm³/mol. The molecule has 1 aromatic heterocycles. The summed E-state index contributed by atoms with van der Waals surface area (Å²) in [6, 6.07) is 0.241. The van der Waals surface area contributed by atoms with Gasteiger partial charge in [0.1, 0.15) is 0 Å². The highest BCUT2D eigenvalue weighted by molar-refractivity contribution is 5.11. The Labute approximate surface area is 95.8 Å². The van der Waals surface area contributed by atoms with Gasteiger partial charge in [-0.05, 0) is 18.9 Å². The van der Waals surface area contributed by atoms with Crippen molar-refractivity contribution in [3.05, 3.63) is 18.0 Å². The molecular formula is C11H20N4O. The molecule has 0 radical (unpaired) electrons. The Kier molecular flexibility index (Phi) is 3.58. The van der Waals surface area contributed by atoms with Crippen LogP contribution in [0.4, 0.5) is 0 Å². The maximum Gasteiger partial charge on any atom is 0.0538 e. The van der Waals surface area contributed by atoms with Gasteiger partial charge in [0.15, 0.2) is 0 Å². The summed E-state index contributed by atoms with van der Waals surface area (Å²) in [6.07, 6.45) is 4.96. The van der Waals surface area contributed by atoms with E-state index < -0.39 is 0 Å². The van der Waals surface area contributed by atoms with E-state index in [9.17, 15) is 0 Å². The van der Waals surface area contributed by atoms with Crippen LogP contribution in [0.1, 0.15) is 18.0 Å². The first-order chi connectivity index (χ1) is 7.74. The van der Waals surface area contributed by atoms with Gasteiger partial charge >= 0.3 is 0 Å². The third-order valence-corrected chi connectivity index (χ3v) is 3.35. The van der Waals surface area contributed by atoms with Gasteiger partial charge in [-0.1, -0.05) is 0 Å². The van der Waals surface area contributed by atoms with Gasteiger partial charge in [-0.3, -0.25) is 9.58 Å². The summed E-state index contributed by atoms with van der Waals surface area (Å²) in [6.45, 7) is 2.83. The minimum Gasteiger partial charge on any atom is -0.396 e. The molecule has 1 aliphatic heterocycles. The van der Waals surface area contributed by atoms with Gasteiger partial charge in [-0.2, -0.15) is 5.10 Å². The van der Waals surface area contributed by atoms with Gasteiger partial charge in [-0.25, -0.2) is 0 Å². The molecule has 0 saturated carbocycles. The van der Waals surface area contributed by atoms with E-state index in [2.05, 4.69) is 10.00 Å². The molecule has 16 heavy (non-hydrogen) atoms. The molecule has 2 heterocycles. The van der Waals surface area contributed by atoms with Crippen molar-refractivity contribution >= 4 is 0 Å². The van der Waals surface area contributed by atoms with Crippen LogP contribution in [0.5, 0.6) is 0 Å². The summed E-state index contributed by atoms with van der Waals surface area (Å²) in [7, 11) is 1.91. The van der Waals surface area contributed by atoms with E-state index in [1.807, 2.05) is 19.4 Å². The fraction of sp³-hybridized carbons (Fsp3) is 0.727. The van der Waals surface area contributed by atoms with Gasteiger partial charge in [0.25, 0.3) is 0 Å². The predicted octanol–water partition coefficient (Wildman–Crippen LogP) is -0.266. The zero-order valence-corrected chi connectivity index (χ0v) is 9.71. The van der Waals surface area contributed by atoms with Crippen LogP contribution in [0, 0.1) is 5.92 Å². The molecule has 5 nitrogen and oxygen atoms in total. The molecule has 0 bridgehead atoms. The number of aliphatic hydroxyl groups is 1. The molecule has 0 spiro atoms. The third-order valence-electron chi connectivity index (χ3n) is 3.35. The molecule has 5 heteroatoms. The highest BCUT2D eigenvalue weighted by Crippen LogP contribution is 2.26. The van der Waals surface area contributed by atoms with E-state index in [0.29, 0.717) is 12.5 Å². The Morgan fingerprint density at radius 3 is 3.00 bits per heavy atom. The summed E-state index contributed by atoms with van der Waals surface area (Å²) in [5.74, 6) is 0.408. The monoisotopic (exact) mass is 224 g/mol. The van der Waals surface area contributed by atoms with Crippen molar-refractivity contribution in [1.29, 1.82) is 0 Å². The van der Waals surface area contributed by atoms with Crippen molar-refractivity contribution in [3.63, 3.8) is 0 Å². The molecule has 1 saturated heterocycles. The number of likely N-dealkylation sites (tertiary alicyclic amines) is 1. The van der Waals surface area contributed by atoms with Crippen molar-refractivity contribution in [2.45, 2.75) is 12.5 Å². The molecule has 90 valence electrons. The first-order valence-electron chi connectivity index (χ1n) is 5.78. The Morgan fingerprint density at radius 1 is 1.69 bits per heavy atom. The molecule has 0 amide bonds. The Balaban J connectivity index is 2.06. The second-order valence-electron chi connectivity index (χ2n) is 4.53. The van der Waals surface area contributed by atoms with Gasteiger partial charge in [0.05, 0.1) is 12.2 Å². The van der Waals surface area contributed by atoms with Crippen LogP contribution in [-0.2, 0) is 7.05 Å². The molecule has 2 atom stereocenters. The third kappa shape index (κ3) is 2.26.